The minimum absolute atomic E-state index is 0.223. The fourth-order valence-corrected chi connectivity index (χ4v) is 4.35. The molecular weight excluding hydrogens is 396 g/mol. The van der Waals surface area contributed by atoms with Gasteiger partial charge in [0.15, 0.2) is 0 Å². The molecule has 5 rings (SSSR count). The van der Waals surface area contributed by atoms with E-state index in [-0.39, 0.29) is 17.8 Å². The van der Waals surface area contributed by atoms with Crippen molar-refractivity contribution in [1.82, 2.24) is 9.55 Å². The second-order valence-corrected chi connectivity index (χ2v) is 7.70. The van der Waals surface area contributed by atoms with E-state index in [1.54, 1.807) is 41.4 Å². The van der Waals surface area contributed by atoms with Crippen LogP contribution in [-0.2, 0) is 5.60 Å². The molecule has 4 aromatic rings. The van der Waals surface area contributed by atoms with Crippen molar-refractivity contribution in [2.45, 2.75) is 18.1 Å². The first-order valence-electron chi connectivity index (χ1n) is 9.80. The summed E-state index contributed by atoms with van der Waals surface area (Å²) in [6, 6.07) is 19.4. The molecule has 3 aromatic carbocycles. The van der Waals surface area contributed by atoms with E-state index in [1.807, 2.05) is 30.3 Å². The molecule has 1 N–H and O–H groups in total. The maximum atomic E-state index is 14.8. The van der Waals surface area contributed by atoms with Crippen molar-refractivity contribution in [2.24, 2.45) is 0 Å². The van der Waals surface area contributed by atoms with E-state index in [1.165, 1.54) is 18.2 Å². The van der Waals surface area contributed by atoms with Crippen molar-refractivity contribution in [3.8, 4) is 17.2 Å². The predicted octanol–water partition coefficient (Wildman–Crippen LogP) is 4.93. The number of fused-ring (bicyclic) bond motifs is 1. The van der Waals surface area contributed by atoms with Gasteiger partial charge in [0.25, 0.3) is 0 Å². The maximum Gasteiger partial charge on any atom is 0.133 e. The van der Waals surface area contributed by atoms with Crippen LogP contribution >= 0.6 is 0 Å². The van der Waals surface area contributed by atoms with Crippen LogP contribution in [0.1, 0.15) is 34.8 Å². The average molecular weight is 413 g/mol. The van der Waals surface area contributed by atoms with Gasteiger partial charge in [0.1, 0.15) is 17.2 Å². The number of aromatic nitrogens is 2. The molecule has 0 aliphatic carbocycles. The minimum Gasteiger partial charge on any atom is -0.379 e. The molecule has 1 aliphatic rings. The highest BCUT2D eigenvalue weighted by atomic mass is 19.1. The van der Waals surface area contributed by atoms with Gasteiger partial charge in [-0.25, -0.2) is 13.8 Å². The Kier molecular flexibility index (Phi) is 4.42. The van der Waals surface area contributed by atoms with Crippen LogP contribution < -0.4 is 0 Å². The summed E-state index contributed by atoms with van der Waals surface area (Å²) in [6.07, 6.45) is 3.39. The van der Waals surface area contributed by atoms with Gasteiger partial charge in [0.2, 0.25) is 0 Å². The van der Waals surface area contributed by atoms with E-state index in [9.17, 15) is 13.9 Å². The topological polar surface area (TPSA) is 61.8 Å². The zero-order valence-corrected chi connectivity index (χ0v) is 16.3. The van der Waals surface area contributed by atoms with Gasteiger partial charge in [-0.3, -0.25) is 0 Å². The first-order chi connectivity index (χ1) is 15.0. The Bertz CT molecular complexity index is 1320. The Balaban J connectivity index is 1.58. The maximum absolute atomic E-state index is 14.8. The number of imidazole rings is 1. The summed E-state index contributed by atoms with van der Waals surface area (Å²) in [5, 5.41) is 20.8. The number of halogens is 2. The van der Waals surface area contributed by atoms with Gasteiger partial charge in [0, 0.05) is 12.0 Å². The van der Waals surface area contributed by atoms with Gasteiger partial charge in [-0.1, -0.05) is 36.4 Å². The van der Waals surface area contributed by atoms with E-state index in [4.69, 9.17) is 5.26 Å². The Morgan fingerprint density at radius 3 is 2.58 bits per heavy atom. The summed E-state index contributed by atoms with van der Waals surface area (Å²) in [6.45, 7) is 0. The summed E-state index contributed by atoms with van der Waals surface area (Å²) in [7, 11) is 0. The summed E-state index contributed by atoms with van der Waals surface area (Å²) < 4.78 is 29.8. The monoisotopic (exact) mass is 413 g/mol. The predicted molar refractivity (Wildman–Crippen MR) is 111 cm³/mol. The fraction of sp³-hybridized carbons (Fsp3) is 0.120. The van der Waals surface area contributed by atoms with Gasteiger partial charge in [-0.2, -0.15) is 5.26 Å². The van der Waals surface area contributed by atoms with Gasteiger partial charge in [-0.15, -0.1) is 0 Å². The van der Waals surface area contributed by atoms with Crippen molar-refractivity contribution >= 4 is 0 Å². The lowest BCUT2D eigenvalue weighted by Gasteiger charge is -2.24. The molecule has 2 heterocycles. The molecule has 0 radical (unpaired) electrons. The van der Waals surface area contributed by atoms with Crippen LogP contribution in [0.3, 0.4) is 0 Å². The molecule has 1 aromatic heterocycles. The lowest BCUT2D eigenvalue weighted by atomic mass is 9.85. The van der Waals surface area contributed by atoms with Crippen LogP contribution in [0.5, 0.6) is 0 Å². The van der Waals surface area contributed by atoms with Crippen LogP contribution in [0.15, 0.2) is 79.3 Å². The number of benzene rings is 3. The van der Waals surface area contributed by atoms with E-state index < -0.39 is 17.5 Å². The lowest BCUT2D eigenvalue weighted by Crippen LogP contribution is -2.24. The third kappa shape index (κ3) is 3.11. The smallest absolute Gasteiger partial charge is 0.133 e. The molecule has 152 valence electrons. The number of hydrogen-bond acceptors (Lipinski definition) is 3. The number of rotatable bonds is 3. The largest absolute Gasteiger partial charge is 0.379 e. The second kappa shape index (κ2) is 7.15. The summed E-state index contributed by atoms with van der Waals surface area (Å²) >= 11 is 0. The van der Waals surface area contributed by atoms with E-state index >= 15 is 0 Å². The quantitative estimate of drug-likeness (QED) is 0.518. The number of nitriles is 1. The third-order valence-electron chi connectivity index (χ3n) is 5.92. The van der Waals surface area contributed by atoms with Crippen molar-refractivity contribution in [2.75, 3.05) is 0 Å². The SMILES string of the molecule is N#Cc1ccc([C@H]2C[C@](O)(c3cccc(-c4ccc(F)cc4)c3)c3cncn32)c(F)c1. The Labute approximate surface area is 177 Å². The molecule has 1 aliphatic heterocycles. The van der Waals surface area contributed by atoms with Crippen LogP contribution in [0.25, 0.3) is 11.1 Å². The molecule has 0 amide bonds. The van der Waals surface area contributed by atoms with Crippen LogP contribution in [0.4, 0.5) is 8.78 Å². The van der Waals surface area contributed by atoms with Gasteiger partial charge >= 0.3 is 0 Å². The first kappa shape index (κ1) is 19.2. The van der Waals surface area contributed by atoms with Gasteiger partial charge in [-0.05, 0) is 47.0 Å². The number of hydrogen-bond donors (Lipinski definition) is 1. The molecule has 0 saturated carbocycles. The molecule has 0 saturated heterocycles. The highest BCUT2D eigenvalue weighted by Crippen LogP contribution is 2.47. The molecule has 0 unspecified atom stereocenters. The summed E-state index contributed by atoms with van der Waals surface area (Å²) in [5.41, 5.74) is 2.14. The van der Waals surface area contributed by atoms with Crippen molar-refractivity contribution < 1.29 is 13.9 Å². The number of aliphatic hydroxyl groups is 1. The standard InChI is InChI=1S/C25H17F2N3O/c26-20-7-5-17(6-8-20)18-2-1-3-19(11-18)25(31)12-23(30-15-29-14-24(25)30)21-9-4-16(13-28)10-22(21)27/h1-11,14-15,23,31H,12H2/t23-,25+/m1/s1. The van der Waals surface area contributed by atoms with E-state index in [0.717, 1.165) is 11.1 Å². The van der Waals surface area contributed by atoms with Crippen molar-refractivity contribution in [1.29, 1.82) is 5.26 Å². The normalized spacial score (nSPS) is 19.7. The van der Waals surface area contributed by atoms with E-state index in [0.29, 0.717) is 16.8 Å². The molecule has 0 spiro atoms. The van der Waals surface area contributed by atoms with Crippen molar-refractivity contribution in [3.63, 3.8) is 0 Å². The van der Waals surface area contributed by atoms with Gasteiger partial charge in [0.05, 0.1) is 35.9 Å². The molecule has 2 atom stereocenters. The van der Waals surface area contributed by atoms with E-state index in [2.05, 4.69) is 4.98 Å². The molecule has 4 nitrogen and oxygen atoms in total. The lowest BCUT2D eigenvalue weighted by molar-refractivity contribution is 0.0793. The van der Waals surface area contributed by atoms with Crippen LogP contribution in [0.2, 0.25) is 0 Å². The zero-order chi connectivity index (χ0) is 21.6. The zero-order valence-electron chi connectivity index (χ0n) is 16.3. The Morgan fingerprint density at radius 2 is 1.84 bits per heavy atom. The average Bonchev–Trinajstić information content (AvgIpc) is 3.38. The molecule has 0 bridgehead atoms. The Morgan fingerprint density at radius 1 is 1.03 bits per heavy atom. The Hall–Kier alpha value is -3.82. The van der Waals surface area contributed by atoms with Crippen LogP contribution in [-0.4, -0.2) is 14.7 Å². The first-order valence-corrected chi connectivity index (χ1v) is 9.80. The minimum atomic E-state index is -1.38. The molecular formula is C25H17F2N3O. The molecule has 0 fully saturated rings. The summed E-state index contributed by atoms with van der Waals surface area (Å²) in [5.74, 6) is -0.807. The van der Waals surface area contributed by atoms with Gasteiger partial charge < -0.3 is 9.67 Å². The third-order valence-corrected chi connectivity index (χ3v) is 5.92. The highest BCUT2D eigenvalue weighted by molar-refractivity contribution is 5.65. The summed E-state index contributed by atoms with van der Waals surface area (Å²) in [4.78, 5) is 4.18. The fourth-order valence-electron chi connectivity index (χ4n) is 4.35. The second-order valence-electron chi connectivity index (χ2n) is 7.70. The van der Waals surface area contributed by atoms with Crippen molar-refractivity contribution in [3.05, 3.63) is 113 Å². The van der Waals surface area contributed by atoms with Crippen LogP contribution in [0, 0.1) is 23.0 Å². The molecule has 31 heavy (non-hydrogen) atoms. The highest BCUT2D eigenvalue weighted by Gasteiger charge is 2.45. The number of nitrogens with zero attached hydrogens (tertiary/aromatic N) is 3. The molecule has 6 heteroatoms.